The van der Waals surface area contributed by atoms with Gasteiger partial charge in [-0.15, -0.1) is 0 Å². The molecular formula is C12H13NO3. The number of pyridine rings is 1. The molecule has 0 radical (unpaired) electrons. The topological polar surface area (TPSA) is 51.6 Å². The lowest BCUT2D eigenvalue weighted by Gasteiger charge is -2.13. The number of aromatic hydroxyl groups is 1. The third-order valence-electron chi connectivity index (χ3n) is 2.39. The van der Waals surface area contributed by atoms with E-state index in [4.69, 9.17) is 9.47 Å². The van der Waals surface area contributed by atoms with Gasteiger partial charge >= 0.3 is 0 Å². The lowest BCUT2D eigenvalue weighted by Crippen LogP contribution is -2.03. The molecule has 0 bridgehead atoms. The van der Waals surface area contributed by atoms with Crippen LogP contribution in [0.4, 0.5) is 0 Å². The Kier molecular flexibility index (Phi) is 3.03. The summed E-state index contributed by atoms with van der Waals surface area (Å²) in [6, 6.07) is 6.93. The molecule has 0 spiro atoms. The van der Waals surface area contributed by atoms with Crippen molar-refractivity contribution >= 4 is 10.9 Å². The van der Waals surface area contributed by atoms with E-state index in [0.29, 0.717) is 0 Å². The minimum atomic E-state index is -0.431. The van der Waals surface area contributed by atoms with Crippen molar-refractivity contribution in [1.29, 1.82) is 0 Å². The second-order valence-corrected chi connectivity index (χ2v) is 3.45. The molecule has 0 aliphatic carbocycles. The first kappa shape index (κ1) is 10.9. The van der Waals surface area contributed by atoms with Crippen LogP contribution in [0.2, 0.25) is 0 Å². The van der Waals surface area contributed by atoms with Crippen molar-refractivity contribution in [3.63, 3.8) is 0 Å². The molecule has 0 saturated carbocycles. The summed E-state index contributed by atoms with van der Waals surface area (Å²) in [6.07, 6.45) is 1.27. The molecule has 1 aromatic heterocycles. The summed E-state index contributed by atoms with van der Waals surface area (Å²) in [7, 11) is 3.14. The third kappa shape index (κ3) is 1.98. The third-order valence-corrected chi connectivity index (χ3v) is 2.39. The highest BCUT2D eigenvalue weighted by Crippen LogP contribution is 2.23. The molecule has 4 heteroatoms. The van der Waals surface area contributed by atoms with Crippen LogP contribution in [0, 0.1) is 0 Å². The Bertz CT molecular complexity index is 495. The fourth-order valence-corrected chi connectivity index (χ4v) is 1.63. The van der Waals surface area contributed by atoms with Gasteiger partial charge in [0.2, 0.25) is 0 Å². The number of benzene rings is 1. The quantitative estimate of drug-likeness (QED) is 0.804. The zero-order chi connectivity index (χ0) is 11.5. The van der Waals surface area contributed by atoms with Crippen LogP contribution < -0.4 is 0 Å². The molecule has 84 valence electrons. The van der Waals surface area contributed by atoms with E-state index in [9.17, 15) is 5.11 Å². The van der Waals surface area contributed by atoms with Crippen molar-refractivity contribution in [2.75, 3.05) is 14.2 Å². The van der Waals surface area contributed by atoms with Crippen molar-refractivity contribution in [1.82, 2.24) is 4.98 Å². The van der Waals surface area contributed by atoms with Crippen LogP contribution in [0.1, 0.15) is 11.9 Å². The van der Waals surface area contributed by atoms with Gasteiger partial charge in [0.1, 0.15) is 5.75 Å². The first-order valence-corrected chi connectivity index (χ1v) is 4.89. The van der Waals surface area contributed by atoms with E-state index in [0.717, 1.165) is 16.5 Å². The number of phenolic OH excluding ortho intramolecular Hbond substituents is 1. The van der Waals surface area contributed by atoms with Gasteiger partial charge in [-0.3, -0.25) is 4.98 Å². The summed E-state index contributed by atoms with van der Waals surface area (Å²) in [5.41, 5.74) is 1.65. The Hall–Kier alpha value is -1.65. The minimum absolute atomic E-state index is 0.220. The second kappa shape index (κ2) is 4.47. The minimum Gasteiger partial charge on any atom is -0.508 e. The maximum atomic E-state index is 9.38. The van der Waals surface area contributed by atoms with Crippen molar-refractivity contribution < 1.29 is 14.6 Å². The van der Waals surface area contributed by atoms with Gasteiger partial charge in [-0.05, 0) is 24.3 Å². The van der Waals surface area contributed by atoms with E-state index >= 15 is 0 Å². The Morgan fingerprint density at radius 2 is 1.94 bits per heavy atom. The van der Waals surface area contributed by atoms with Gasteiger partial charge in [0.05, 0.1) is 5.52 Å². The SMILES string of the molecule is COC(OC)c1cnc2ccc(O)cc2c1. The zero-order valence-electron chi connectivity index (χ0n) is 9.18. The normalized spacial score (nSPS) is 11.2. The second-order valence-electron chi connectivity index (χ2n) is 3.45. The Balaban J connectivity index is 2.49. The Labute approximate surface area is 93.4 Å². The predicted molar refractivity (Wildman–Crippen MR) is 60.2 cm³/mol. The molecule has 1 aromatic carbocycles. The van der Waals surface area contributed by atoms with Gasteiger partial charge in [0, 0.05) is 31.4 Å². The summed E-state index contributed by atoms with van der Waals surface area (Å²) in [6.45, 7) is 0. The molecule has 2 rings (SSSR count). The van der Waals surface area contributed by atoms with Gasteiger partial charge in [-0.2, -0.15) is 0 Å². The predicted octanol–water partition coefficient (Wildman–Crippen LogP) is 2.23. The molecule has 1 N–H and O–H groups in total. The number of ether oxygens (including phenoxy) is 2. The number of fused-ring (bicyclic) bond motifs is 1. The molecule has 0 saturated heterocycles. The van der Waals surface area contributed by atoms with E-state index in [-0.39, 0.29) is 5.75 Å². The van der Waals surface area contributed by atoms with Gasteiger partial charge in [-0.25, -0.2) is 0 Å². The summed E-state index contributed by atoms with van der Waals surface area (Å²) < 4.78 is 10.3. The highest BCUT2D eigenvalue weighted by Gasteiger charge is 2.09. The van der Waals surface area contributed by atoms with Crippen molar-refractivity contribution in [3.8, 4) is 5.75 Å². The number of phenols is 1. The summed E-state index contributed by atoms with van der Waals surface area (Å²) in [5, 5.41) is 10.2. The van der Waals surface area contributed by atoms with Crippen LogP contribution in [0.25, 0.3) is 10.9 Å². The molecular weight excluding hydrogens is 206 g/mol. The lowest BCUT2D eigenvalue weighted by atomic mass is 10.1. The molecule has 16 heavy (non-hydrogen) atoms. The molecule has 0 aliphatic rings. The number of methoxy groups -OCH3 is 2. The van der Waals surface area contributed by atoms with Crippen LogP contribution in [0.5, 0.6) is 5.75 Å². The van der Waals surface area contributed by atoms with E-state index in [1.54, 1.807) is 38.6 Å². The average molecular weight is 219 g/mol. The van der Waals surface area contributed by atoms with Crippen LogP contribution in [-0.2, 0) is 9.47 Å². The zero-order valence-corrected chi connectivity index (χ0v) is 9.18. The molecule has 0 fully saturated rings. The maximum Gasteiger partial charge on any atom is 0.184 e. The number of hydrogen-bond donors (Lipinski definition) is 1. The van der Waals surface area contributed by atoms with Crippen LogP contribution in [-0.4, -0.2) is 24.3 Å². The molecule has 1 heterocycles. The van der Waals surface area contributed by atoms with Gasteiger partial charge in [0.25, 0.3) is 0 Å². The highest BCUT2D eigenvalue weighted by atomic mass is 16.7. The van der Waals surface area contributed by atoms with Crippen molar-refractivity contribution in [3.05, 3.63) is 36.0 Å². The molecule has 0 aliphatic heterocycles. The fourth-order valence-electron chi connectivity index (χ4n) is 1.63. The standard InChI is InChI=1S/C12H13NO3/c1-15-12(16-2)9-5-8-6-10(14)3-4-11(8)13-7-9/h3-7,12,14H,1-2H3. The highest BCUT2D eigenvalue weighted by molar-refractivity contribution is 5.80. The lowest BCUT2D eigenvalue weighted by molar-refractivity contribution is -0.106. The van der Waals surface area contributed by atoms with Crippen LogP contribution >= 0.6 is 0 Å². The summed E-state index contributed by atoms with van der Waals surface area (Å²) >= 11 is 0. The van der Waals surface area contributed by atoms with E-state index in [1.165, 1.54) is 0 Å². The van der Waals surface area contributed by atoms with Gasteiger partial charge in [-0.1, -0.05) is 0 Å². The molecule has 0 atom stereocenters. The Morgan fingerprint density at radius 3 is 2.62 bits per heavy atom. The van der Waals surface area contributed by atoms with Gasteiger partial charge < -0.3 is 14.6 Å². The smallest absolute Gasteiger partial charge is 0.184 e. The number of aromatic nitrogens is 1. The van der Waals surface area contributed by atoms with E-state index in [1.807, 2.05) is 6.07 Å². The number of rotatable bonds is 3. The van der Waals surface area contributed by atoms with Gasteiger partial charge in [0.15, 0.2) is 6.29 Å². The monoisotopic (exact) mass is 219 g/mol. The van der Waals surface area contributed by atoms with Crippen LogP contribution in [0.15, 0.2) is 30.5 Å². The van der Waals surface area contributed by atoms with E-state index < -0.39 is 6.29 Å². The fraction of sp³-hybridized carbons (Fsp3) is 0.250. The Morgan fingerprint density at radius 1 is 1.19 bits per heavy atom. The molecule has 0 unspecified atom stereocenters. The first-order valence-electron chi connectivity index (χ1n) is 4.89. The number of nitrogens with zero attached hydrogens (tertiary/aromatic N) is 1. The molecule has 0 amide bonds. The van der Waals surface area contributed by atoms with Crippen molar-refractivity contribution in [2.45, 2.75) is 6.29 Å². The van der Waals surface area contributed by atoms with Crippen LogP contribution in [0.3, 0.4) is 0 Å². The average Bonchev–Trinajstić information content (AvgIpc) is 2.30. The van der Waals surface area contributed by atoms with E-state index in [2.05, 4.69) is 4.98 Å². The largest absolute Gasteiger partial charge is 0.508 e. The first-order chi connectivity index (χ1) is 7.74. The maximum absolute atomic E-state index is 9.38. The summed E-state index contributed by atoms with van der Waals surface area (Å²) in [4.78, 5) is 4.27. The summed E-state index contributed by atoms with van der Waals surface area (Å²) in [5.74, 6) is 0.220. The van der Waals surface area contributed by atoms with Crippen molar-refractivity contribution in [2.24, 2.45) is 0 Å². The number of hydrogen-bond acceptors (Lipinski definition) is 4. The molecule has 4 nitrogen and oxygen atoms in total. The molecule has 2 aromatic rings.